The van der Waals surface area contributed by atoms with Gasteiger partial charge in [0.05, 0.1) is 0 Å². The third-order valence-corrected chi connectivity index (χ3v) is 4.06. The van der Waals surface area contributed by atoms with E-state index in [0.29, 0.717) is 17.9 Å². The van der Waals surface area contributed by atoms with E-state index in [9.17, 15) is 4.79 Å². The lowest BCUT2D eigenvalue weighted by Crippen LogP contribution is -2.39. The number of carbonyl (C=O) groups is 1. The van der Waals surface area contributed by atoms with Crippen molar-refractivity contribution in [1.29, 1.82) is 0 Å². The maximum atomic E-state index is 11.8. The third kappa shape index (κ3) is 6.39. The van der Waals surface area contributed by atoms with Gasteiger partial charge in [0.15, 0.2) is 0 Å². The second-order valence-electron chi connectivity index (χ2n) is 6.46. The van der Waals surface area contributed by atoms with Crippen LogP contribution in [-0.2, 0) is 4.79 Å². The predicted octanol–water partition coefficient (Wildman–Crippen LogP) is 2.98. The summed E-state index contributed by atoms with van der Waals surface area (Å²) in [6.45, 7) is 5.41. The van der Waals surface area contributed by atoms with Crippen molar-refractivity contribution in [2.24, 2.45) is 11.1 Å². The van der Waals surface area contributed by atoms with Crippen molar-refractivity contribution in [3.05, 3.63) is 0 Å². The molecule has 0 aliphatic heterocycles. The lowest BCUT2D eigenvalue weighted by atomic mass is 9.75. The van der Waals surface area contributed by atoms with E-state index in [0.717, 1.165) is 45.1 Å². The van der Waals surface area contributed by atoms with Gasteiger partial charge in [0.1, 0.15) is 0 Å². The number of hydrogen-bond acceptors (Lipinski definition) is 2. The second kappa shape index (κ2) is 7.78. The Bertz CT molecular complexity index is 241. The summed E-state index contributed by atoms with van der Waals surface area (Å²) < 4.78 is 0. The van der Waals surface area contributed by atoms with Gasteiger partial charge in [-0.1, -0.05) is 26.7 Å². The molecule has 1 aliphatic carbocycles. The molecule has 0 aromatic carbocycles. The SMILES string of the molecule is CC1(C)CCC(NC(=O)CCCCCCN)CC1. The molecule has 3 N–H and O–H groups in total. The standard InChI is InChI=1S/C15H30N2O/c1-15(2)10-8-13(9-11-15)17-14(18)7-5-3-4-6-12-16/h13H,3-12,16H2,1-2H3,(H,17,18). The molecular formula is C15H30N2O. The zero-order valence-electron chi connectivity index (χ0n) is 12.1. The number of nitrogens with one attached hydrogen (secondary N) is 1. The topological polar surface area (TPSA) is 55.1 Å². The van der Waals surface area contributed by atoms with Crippen molar-refractivity contribution in [2.75, 3.05) is 6.54 Å². The van der Waals surface area contributed by atoms with Crippen LogP contribution in [0, 0.1) is 5.41 Å². The third-order valence-electron chi connectivity index (χ3n) is 4.06. The molecule has 0 spiro atoms. The van der Waals surface area contributed by atoms with Gasteiger partial charge in [0.2, 0.25) is 5.91 Å². The molecule has 1 aliphatic rings. The Labute approximate surface area is 112 Å². The minimum atomic E-state index is 0.243. The smallest absolute Gasteiger partial charge is 0.220 e. The molecule has 106 valence electrons. The fourth-order valence-electron chi connectivity index (χ4n) is 2.63. The molecule has 1 rings (SSSR count). The van der Waals surface area contributed by atoms with E-state index in [1.165, 1.54) is 12.8 Å². The Morgan fingerprint density at radius 1 is 1.17 bits per heavy atom. The van der Waals surface area contributed by atoms with E-state index in [2.05, 4.69) is 19.2 Å². The molecule has 0 unspecified atom stereocenters. The summed E-state index contributed by atoms with van der Waals surface area (Å²) in [6.07, 6.45) is 9.80. The highest BCUT2D eigenvalue weighted by molar-refractivity contribution is 5.76. The van der Waals surface area contributed by atoms with Crippen molar-refractivity contribution in [3.63, 3.8) is 0 Å². The van der Waals surface area contributed by atoms with Gasteiger partial charge in [-0.2, -0.15) is 0 Å². The van der Waals surface area contributed by atoms with Crippen LogP contribution >= 0.6 is 0 Å². The van der Waals surface area contributed by atoms with Gasteiger partial charge < -0.3 is 11.1 Å². The Hall–Kier alpha value is -0.570. The van der Waals surface area contributed by atoms with Crippen molar-refractivity contribution in [2.45, 2.75) is 77.7 Å². The van der Waals surface area contributed by atoms with Crippen LogP contribution in [0.15, 0.2) is 0 Å². The van der Waals surface area contributed by atoms with E-state index in [1.807, 2.05) is 0 Å². The van der Waals surface area contributed by atoms with E-state index >= 15 is 0 Å². The molecule has 1 fully saturated rings. The molecule has 0 saturated heterocycles. The monoisotopic (exact) mass is 254 g/mol. The van der Waals surface area contributed by atoms with Crippen molar-refractivity contribution in [1.82, 2.24) is 5.32 Å². The highest BCUT2D eigenvalue weighted by atomic mass is 16.1. The fraction of sp³-hybridized carbons (Fsp3) is 0.933. The zero-order chi connectivity index (χ0) is 13.4. The molecule has 3 heteroatoms. The van der Waals surface area contributed by atoms with Gasteiger partial charge in [-0.25, -0.2) is 0 Å². The van der Waals surface area contributed by atoms with Crippen LogP contribution in [0.2, 0.25) is 0 Å². The molecule has 1 saturated carbocycles. The van der Waals surface area contributed by atoms with Crippen LogP contribution in [-0.4, -0.2) is 18.5 Å². The lowest BCUT2D eigenvalue weighted by molar-refractivity contribution is -0.122. The number of nitrogens with two attached hydrogens (primary N) is 1. The predicted molar refractivity (Wildman–Crippen MR) is 76.3 cm³/mol. The minimum absolute atomic E-state index is 0.243. The van der Waals surface area contributed by atoms with Crippen LogP contribution in [0.25, 0.3) is 0 Å². The first-order chi connectivity index (χ1) is 8.53. The number of unbranched alkanes of at least 4 members (excludes halogenated alkanes) is 3. The molecule has 0 radical (unpaired) electrons. The Balaban J connectivity index is 2.06. The van der Waals surface area contributed by atoms with Crippen molar-refractivity contribution >= 4 is 5.91 Å². The maximum Gasteiger partial charge on any atom is 0.220 e. The summed E-state index contributed by atoms with van der Waals surface area (Å²) in [4.78, 5) is 11.8. The van der Waals surface area contributed by atoms with Crippen LogP contribution in [0.3, 0.4) is 0 Å². The zero-order valence-corrected chi connectivity index (χ0v) is 12.1. The van der Waals surface area contributed by atoms with Gasteiger partial charge in [-0.15, -0.1) is 0 Å². The summed E-state index contributed by atoms with van der Waals surface area (Å²) >= 11 is 0. The normalized spacial score (nSPS) is 19.7. The minimum Gasteiger partial charge on any atom is -0.353 e. The van der Waals surface area contributed by atoms with Crippen LogP contribution in [0.1, 0.15) is 71.6 Å². The van der Waals surface area contributed by atoms with Gasteiger partial charge in [-0.05, 0) is 50.5 Å². The Morgan fingerprint density at radius 3 is 2.39 bits per heavy atom. The summed E-state index contributed by atoms with van der Waals surface area (Å²) in [7, 11) is 0. The molecular weight excluding hydrogens is 224 g/mol. The summed E-state index contributed by atoms with van der Waals surface area (Å²) in [5, 5.41) is 3.18. The first kappa shape index (κ1) is 15.5. The molecule has 0 heterocycles. The maximum absolute atomic E-state index is 11.8. The lowest BCUT2D eigenvalue weighted by Gasteiger charge is -2.34. The Morgan fingerprint density at radius 2 is 1.78 bits per heavy atom. The molecule has 18 heavy (non-hydrogen) atoms. The summed E-state index contributed by atoms with van der Waals surface area (Å²) in [5.74, 6) is 0.243. The summed E-state index contributed by atoms with van der Waals surface area (Å²) in [5.41, 5.74) is 5.91. The largest absolute Gasteiger partial charge is 0.353 e. The molecule has 3 nitrogen and oxygen atoms in total. The van der Waals surface area contributed by atoms with Crippen molar-refractivity contribution < 1.29 is 4.79 Å². The average Bonchev–Trinajstić information content (AvgIpc) is 2.32. The number of hydrogen-bond donors (Lipinski definition) is 2. The molecule has 0 bridgehead atoms. The van der Waals surface area contributed by atoms with Gasteiger partial charge >= 0.3 is 0 Å². The molecule has 0 aromatic rings. The van der Waals surface area contributed by atoms with Crippen LogP contribution < -0.4 is 11.1 Å². The quantitative estimate of drug-likeness (QED) is 0.686. The van der Waals surface area contributed by atoms with Crippen LogP contribution in [0.4, 0.5) is 0 Å². The fourth-order valence-corrected chi connectivity index (χ4v) is 2.63. The second-order valence-corrected chi connectivity index (χ2v) is 6.46. The number of rotatable bonds is 7. The van der Waals surface area contributed by atoms with Crippen LogP contribution in [0.5, 0.6) is 0 Å². The highest BCUT2D eigenvalue weighted by Gasteiger charge is 2.27. The summed E-state index contributed by atoms with van der Waals surface area (Å²) in [6, 6.07) is 0.426. The van der Waals surface area contributed by atoms with Gasteiger partial charge in [0, 0.05) is 12.5 Å². The average molecular weight is 254 g/mol. The highest BCUT2D eigenvalue weighted by Crippen LogP contribution is 2.34. The van der Waals surface area contributed by atoms with E-state index in [1.54, 1.807) is 0 Å². The molecule has 0 aromatic heterocycles. The first-order valence-electron chi connectivity index (χ1n) is 7.53. The van der Waals surface area contributed by atoms with Crippen molar-refractivity contribution in [3.8, 4) is 0 Å². The molecule has 1 amide bonds. The van der Waals surface area contributed by atoms with Gasteiger partial charge in [0.25, 0.3) is 0 Å². The van der Waals surface area contributed by atoms with Gasteiger partial charge in [-0.3, -0.25) is 4.79 Å². The number of carbonyl (C=O) groups excluding carboxylic acids is 1. The molecule has 0 atom stereocenters. The first-order valence-corrected chi connectivity index (χ1v) is 7.53. The van der Waals surface area contributed by atoms with E-state index in [-0.39, 0.29) is 5.91 Å². The van der Waals surface area contributed by atoms with E-state index < -0.39 is 0 Å². The Kier molecular flexibility index (Phi) is 6.69. The number of amides is 1. The van der Waals surface area contributed by atoms with E-state index in [4.69, 9.17) is 5.73 Å².